The molecule has 2 rings (SSSR count). The maximum absolute atomic E-state index is 12.4. The summed E-state index contributed by atoms with van der Waals surface area (Å²) in [4.78, 5) is 21.5. The number of carbonyl (C=O) groups excluding carboxylic acids is 1. The van der Waals surface area contributed by atoms with Gasteiger partial charge >= 0.3 is 5.97 Å². The van der Waals surface area contributed by atoms with Gasteiger partial charge in [-0.05, 0) is 48.8 Å². The van der Waals surface area contributed by atoms with Gasteiger partial charge in [0, 0.05) is 18.0 Å². The van der Waals surface area contributed by atoms with E-state index in [2.05, 4.69) is 37.7 Å². The first-order valence-electron chi connectivity index (χ1n) is 14.1. The van der Waals surface area contributed by atoms with Crippen LogP contribution in [0.2, 0.25) is 0 Å². The summed E-state index contributed by atoms with van der Waals surface area (Å²) in [5.74, 6) is 1.78. The van der Waals surface area contributed by atoms with Crippen LogP contribution in [-0.4, -0.2) is 22.5 Å². The zero-order valence-electron chi connectivity index (χ0n) is 22.7. The molecular formula is C31H48N2O2. The summed E-state index contributed by atoms with van der Waals surface area (Å²) < 4.78 is 5.50. The van der Waals surface area contributed by atoms with Crippen molar-refractivity contribution >= 4 is 5.97 Å². The number of unbranched alkanes of at least 4 members (excludes halogenated alkanes) is 7. The summed E-state index contributed by atoms with van der Waals surface area (Å²) in [7, 11) is 0. The molecule has 1 aromatic heterocycles. The molecule has 0 saturated heterocycles. The molecular weight excluding hydrogens is 432 g/mol. The van der Waals surface area contributed by atoms with E-state index in [1.54, 1.807) is 0 Å². The number of nitrogens with zero attached hydrogens (tertiary/aromatic N) is 2. The van der Waals surface area contributed by atoms with Gasteiger partial charge in [0.2, 0.25) is 0 Å². The number of rotatable bonds is 18. The first-order valence-corrected chi connectivity index (χ1v) is 14.1. The molecule has 4 heteroatoms. The van der Waals surface area contributed by atoms with E-state index in [9.17, 15) is 4.79 Å². The summed E-state index contributed by atoms with van der Waals surface area (Å²) in [6.07, 6.45) is 20.1. The standard InChI is InChI=1S/C31H48N2O2/c1-5-6-7-8-9-10-11-12-16-27-23-32-30(33-24-27)28-17-19-29(20-18-28)31(34)35-22-21-26(4)15-13-14-25(2)3/h17-20,23-26H,5-16,21-22H2,1-4H3. The summed E-state index contributed by atoms with van der Waals surface area (Å²) in [5.41, 5.74) is 2.69. The van der Waals surface area contributed by atoms with Crippen molar-refractivity contribution in [2.45, 2.75) is 111 Å². The monoisotopic (exact) mass is 480 g/mol. The highest BCUT2D eigenvalue weighted by Crippen LogP contribution is 2.18. The van der Waals surface area contributed by atoms with Crippen molar-refractivity contribution in [1.29, 1.82) is 0 Å². The fraction of sp³-hybridized carbons (Fsp3) is 0.645. The maximum atomic E-state index is 12.4. The molecule has 0 aliphatic rings. The van der Waals surface area contributed by atoms with Crippen molar-refractivity contribution in [3.05, 3.63) is 47.8 Å². The van der Waals surface area contributed by atoms with E-state index in [1.807, 2.05) is 36.7 Å². The molecule has 1 atom stereocenters. The van der Waals surface area contributed by atoms with Crippen LogP contribution in [0.25, 0.3) is 11.4 Å². The van der Waals surface area contributed by atoms with Crippen molar-refractivity contribution in [1.82, 2.24) is 9.97 Å². The molecule has 194 valence electrons. The summed E-state index contributed by atoms with van der Waals surface area (Å²) in [6, 6.07) is 7.42. The lowest BCUT2D eigenvalue weighted by Gasteiger charge is -2.12. The number of benzene rings is 1. The lowest BCUT2D eigenvalue weighted by molar-refractivity contribution is 0.0483. The van der Waals surface area contributed by atoms with Crippen LogP contribution in [-0.2, 0) is 11.2 Å². The van der Waals surface area contributed by atoms with Crippen LogP contribution in [0, 0.1) is 11.8 Å². The van der Waals surface area contributed by atoms with Crippen molar-refractivity contribution in [2.24, 2.45) is 11.8 Å². The van der Waals surface area contributed by atoms with E-state index in [4.69, 9.17) is 4.74 Å². The first kappa shape index (κ1) is 29.0. The normalized spacial score (nSPS) is 12.1. The topological polar surface area (TPSA) is 52.1 Å². The van der Waals surface area contributed by atoms with Gasteiger partial charge in [0.15, 0.2) is 5.82 Å². The second-order valence-corrected chi connectivity index (χ2v) is 10.6. The molecule has 0 N–H and O–H groups in total. The molecule has 0 spiro atoms. The zero-order chi connectivity index (χ0) is 25.3. The third kappa shape index (κ3) is 12.3. The van der Waals surface area contributed by atoms with Crippen LogP contribution in [0.5, 0.6) is 0 Å². The van der Waals surface area contributed by atoms with Crippen LogP contribution in [0.1, 0.15) is 121 Å². The highest BCUT2D eigenvalue weighted by atomic mass is 16.5. The minimum Gasteiger partial charge on any atom is -0.462 e. The van der Waals surface area contributed by atoms with E-state index in [-0.39, 0.29) is 5.97 Å². The molecule has 0 aliphatic heterocycles. The predicted molar refractivity (Wildman–Crippen MR) is 147 cm³/mol. The van der Waals surface area contributed by atoms with Crippen molar-refractivity contribution in [3.8, 4) is 11.4 Å². The summed E-state index contributed by atoms with van der Waals surface area (Å²) in [5, 5.41) is 0. The van der Waals surface area contributed by atoms with E-state index in [0.29, 0.717) is 23.9 Å². The number of hydrogen-bond donors (Lipinski definition) is 0. The molecule has 0 aliphatic carbocycles. The minimum absolute atomic E-state index is 0.257. The van der Waals surface area contributed by atoms with Gasteiger partial charge in [0.1, 0.15) is 0 Å². The van der Waals surface area contributed by atoms with Gasteiger partial charge in [0.05, 0.1) is 12.2 Å². The summed E-state index contributed by atoms with van der Waals surface area (Å²) >= 11 is 0. The molecule has 0 amide bonds. The second-order valence-electron chi connectivity index (χ2n) is 10.6. The largest absolute Gasteiger partial charge is 0.462 e. The van der Waals surface area contributed by atoms with Gasteiger partial charge in [-0.3, -0.25) is 0 Å². The first-order chi connectivity index (χ1) is 17.0. The van der Waals surface area contributed by atoms with E-state index >= 15 is 0 Å². The molecule has 4 nitrogen and oxygen atoms in total. The fourth-order valence-electron chi connectivity index (χ4n) is 4.31. The van der Waals surface area contributed by atoms with E-state index in [1.165, 1.54) is 76.2 Å². The second kappa shape index (κ2) is 17.2. The van der Waals surface area contributed by atoms with Gasteiger partial charge < -0.3 is 4.74 Å². The Morgan fingerprint density at radius 1 is 0.800 bits per heavy atom. The number of carbonyl (C=O) groups is 1. The Kier molecular flexibility index (Phi) is 14.3. The molecule has 1 unspecified atom stereocenters. The van der Waals surface area contributed by atoms with Crippen molar-refractivity contribution < 1.29 is 9.53 Å². The smallest absolute Gasteiger partial charge is 0.338 e. The highest BCUT2D eigenvalue weighted by molar-refractivity contribution is 5.89. The zero-order valence-corrected chi connectivity index (χ0v) is 22.7. The third-order valence-corrected chi connectivity index (χ3v) is 6.73. The fourth-order valence-corrected chi connectivity index (χ4v) is 4.31. The Hall–Kier alpha value is -2.23. The molecule has 1 heterocycles. The Bertz CT molecular complexity index is 815. The van der Waals surface area contributed by atoms with Gasteiger partial charge in [-0.15, -0.1) is 0 Å². The van der Waals surface area contributed by atoms with Gasteiger partial charge in [-0.1, -0.05) is 104 Å². The average molecular weight is 481 g/mol. The van der Waals surface area contributed by atoms with Crippen molar-refractivity contribution in [3.63, 3.8) is 0 Å². The average Bonchev–Trinajstić information content (AvgIpc) is 2.86. The molecule has 35 heavy (non-hydrogen) atoms. The van der Waals surface area contributed by atoms with Crippen LogP contribution >= 0.6 is 0 Å². The minimum atomic E-state index is -0.257. The Balaban J connectivity index is 1.69. The van der Waals surface area contributed by atoms with Crippen LogP contribution in [0.15, 0.2) is 36.7 Å². The quantitative estimate of drug-likeness (QED) is 0.158. The molecule has 0 fully saturated rings. The number of aromatic nitrogens is 2. The predicted octanol–water partition coefficient (Wildman–Crippen LogP) is 8.84. The lowest BCUT2D eigenvalue weighted by atomic mass is 9.98. The molecule has 0 bridgehead atoms. The molecule has 2 aromatic rings. The van der Waals surface area contributed by atoms with Gasteiger partial charge in [0.25, 0.3) is 0 Å². The Morgan fingerprint density at radius 3 is 2.06 bits per heavy atom. The van der Waals surface area contributed by atoms with Gasteiger partial charge in [-0.25, -0.2) is 14.8 Å². The van der Waals surface area contributed by atoms with Crippen LogP contribution < -0.4 is 0 Å². The Morgan fingerprint density at radius 2 is 1.43 bits per heavy atom. The number of hydrogen-bond acceptors (Lipinski definition) is 4. The number of ether oxygens (including phenoxy) is 1. The SMILES string of the molecule is CCCCCCCCCCc1cnc(-c2ccc(C(=O)OCCC(C)CCCC(C)C)cc2)nc1. The highest BCUT2D eigenvalue weighted by Gasteiger charge is 2.10. The Labute approximate surface area is 214 Å². The molecule has 0 saturated carbocycles. The maximum Gasteiger partial charge on any atom is 0.338 e. The van der Waals surface area contributed by atoms with Gasteiger partial charge in [-0.2, -0.15) is 0 Å². The van der Waals surface area contributed by atoms with E-state index < -0.39 is 0 Å². The van der Waals surface area contributed by atoms with Crippen LogP contribution in [0.3, 0.4) is 0 Å². The van der Waals surface area contributed by atoms with E-state index in [0.717, 1.165) is 24.3 Å². The third-order valence-electron chi connectivity index (χ3n) is 6.73. The molecule has 0 radical (unpaired) electrons. The lowest BCUT2D eigenvalue weighted by Crippen LogP contribution is -2.09. The summed E-state index contributed by atoms with van der Waals surface area (Å²) in [6.45, 7) is 9.50. The van der Waals surface area contributed by atoms with Crippen molar-refractivity contribution in [2.75, 3.05) is 6.61 Å². The molecule has 1 aromatic carbocycles. The number of esters is 1. The number of aryl methyl sites for hydroxylation is 1. The van der Waals surface area contributed by atoms with Crippen LogP contribution in [0.4, 0.5) is 0 Å².